The summed E-state index contributed by atoms with van der Waals surface area (Å²) in [6.07, 6.45) is 6.99. The summed E-state index contributed by atoms with van der Waals surface area (Å²) < 4.78 is 5.92. The Kier molecular flexibility index (Phi) is 8.88. The molecule has 0 amide bonds. The minimum absolute atomic E-state index is 0.226. The first-order valence-corrected chi connectivity index (χ1v) is 14.2. The first-order chi connectivity index (χ1) is 18.9. The lowest BCUT2D eigenvalue weighted by atomic mass is 9.88. The third-order valence-corrected chi connectivity index (χ3v) is 8.12. The smallest absolute Gasteiger partial charge is 0.320 e. The monoisotopic (exact) mass is 565 g/mol. The van der Waals surface area contributed by atoms with Gasteiger partial charge >= 0.3 is 5.97 Å². The van der Waals surface area contributed by atoms with Crippen LogP contribution in [0.2, 0.25) is 10.0 Å². The molecule has 2 aliphatic rings. The van der Waals surface area contributed by atoms with Crippen molar-refractivity contribution in [2.45, 2.75) is 44.6 Å². The van der Waals surface area contributed by atoms with Crippen molar-refractivity contribution in [2.24, 2.45) is 5.73 Å². The van der Waals surface area contributed by atoms with E-state index in [1.54, 1.807) is 12.1 Å². The highest BCUT2D eigenvalue weighted by Crippen LogP contribution is 2.38. The van der Waals surface area contributed by atoms with Crippen LogP contribution in [0.5, 0.6) is 5.75 Å². The number of pyridine rings is 1. The lowest BCUT2D eigenvalue weighted by molar-refractivity contribution is -0.138. The zero-order valence-electron chi connectivity index (χ0n) is 21.8. The average molecular weight is 567 g/mol. The highest BCUT2D eigenvalue weighted by atomic mass is 35.5. The molecule has 1 aliphatic heterocycles. The summed E-state index contributed by atoms with van der Waals surface area (Å²) in [4.78, 5) is 18.3. The maximum atomic E-state index is 11.0. The van der Waals surface area contributed by atoms with Crippen molar-refractivity contribution in [3.05, 3.63) is 98.3 Å². The lowest BCUT2D eigenvalue weighted by Crippen LogP contribution is -2.32. The number of aryl methyl sites for hydroxylation is 2. The van der Waals surface area contributed by atoms with Crippen LogP contribution in [-0.2, 0) is 24.1 Å². The fraction of sp³-hybridized carbons (Fsp3) is 0.355. The van der Waals surface area contributed by atoms with Crippen molar-refractivity contribution in [3.63, 3.8) is 0 Å². The summed E-state index contributed by atoms with van der Waals surface area (Å²) >= 11 is 12.7. The molecule has 1 aromatic heterocycles. The van der Waals surface area contributed by atoms with E-state index >= 15 is 0 Å². The molecule has 39 heavy (non-hydrogen) atoms. The van der Waals surface area contributed by atoms with Crippen LogP contribution in [0.25, 0.3) is 5.57 Å². The van der Waals surface area contributed by atoms with Crippen molar-refractivity contribution in [1.29, 1.82) is 0 Å². The summed E-state index contributed by atoms with van der Waals surface area (Å²) in [7, 11) is 0. The molecule has 0 radical (unpaired) electrons. The number of halogens is 2. The van der Waals surface area contributed by atoms with E-state index in [0.717, 1.165) is 68.0 Å². The van der Waals surface area contributed by atoms with Gasteiger partial charge in [0.2, 0.25) is 0 Å². The fourth-order valence-electron chi connectivity index (χ4n) is 5.53. The average Bonchev–Trinajstić information content (AvgIpc) is 3.09. The number of nitrogens with zero attached hydrogens (tertiary/aromatic N) is 2. The summed E-state index contributed by atoms with van der Waals surface area (Å²) in [5.41, 5.74) is 14.2. The van der Waals surface area contributed by atoms with Gasteiger partial charge in [-0.2, -0.15) is 0 Å². The highest BCUT2D eigenvalue weighted by Gasteiger charge is 2.25. The molecule has 0 bridgehead atoms. The van der Waals surface area contributed by atoms with E-state index in [-0.39, 0.29) is 6.42 Å². The third-order valence-electron chi connectivity index (χ3n) is 7.59. The van der Waals surface area contributed by atoms with Gasteiger partial charge < -0.3 is 20.5 Å². The van der Waals surface area contributed by atoms with Gasteiger partial charge in [-0.25, -0.2) is 0 Å². The Hall–Kier alpha value is -2.90. The number of ether oxygens (including phenoxy) is 1. The number of benzene rings is 2. The third kappa shape index (κ3) is 6.64. The number of piperidine rings is 1. The first-order valence-electron chi connectivity index (χ1n) is 13.5. The molecule has 6 nitrogen and oxygen atoms in total. The number of likely N-dealkylation sites (tertiary alicyclic amines) is 1. The fourth-order valence-corrected chi connectivity index (χ4v) is 5.98. The van der Waals surface area contributed by atoms with E-state index in [1.165, 1.54) is 27.8 Å². The maximum Gasteiger partial charge on any atom is 0.320 e. The number of carboxylic acids is 1. The molecule has 2 heterocycles. The Morgan fingerprint density at radius 2 is 1.85 bits per heavy atom. The Morgan fingerprint density at radius 1 is 1.05 bits per heavy atom. The second-order valence-corrected chi connectivity index (χ2v) is 11.1. The van der Waals surface area contributed by atoms with Crippen molar-refractivity contribution in [2.75, 3.05) is 26.2 Å². The minimum Gasteiger partial charge on any atom is -0.492 e. The Labute approximate surface area is 239 Å². The minimum atomic E-state index is -1.03. The van der Waals surface area contributed by atoms with Crippen LogP contribution in [0.15, 0.2) is 60.3 Å². The Bertz CT molecular complexity index is 1380. The molecule has 3 N–H and O–H groups in total. The highest BCUT2D eigenvalue weighted by molar-refractivity contribution is 6.32. The summed E-state index contributed by atoms with van der Waals surface area (Å²) in [5, 5.41) is 10.3. The van der Waals surface area contributed by atoms with Crippen LogP contribution in [-0.4, -0.2) is 53.2 Å². The molecule has 0 spiro atoms. The Balaban J connectivity index is 1.18. The maximum absolute atomic E-state index is 11.0. The molecule has 0 saturated carbocycles. The quantitative estimate of drug-likeness (QED) is 0.335. The van der Waals surface area contributed by atoms with Crippen molar-refractivity contribution in [1.82, 2.24) is 9.88 Å². The number of hydrogen-bond acceptors (Lipinski definition) is 5. The van der Waals surface area contributed by atoms with Gasteiger partial charge in [0.25, 0.3) is 0 Å². The molecule has 8 heteroatoms. The molecule has 5 rings (SSSR count). The zero-order valence-corrected chi connectivity index (χ0v) is 23.3. The standard InChI is InChI=1S/C31H33Cl2N3O3/c32-24-7-8-25-23(19-24)6-5-22-3-1-12-35-30(22)29(25)21-10-14-36(15-11-21)13-2-16-39-28-9-4-20(17-26(28)33)18-27(34)31(37)38/h1,3-4,7-9,12,17,19,27H,2,5-6,10-11,13-16,18,34H2,(H,37,38). The lowest BCUT2D eigenvalue weighted by Gasteiger charge is -2.30. The summed E-state index contributed by atoms with van der Waals surface area (Å²) in [6.45, 7) is 3.52. The summed E-state index contributed by atoms with van der Waals surface area (Å²) in [6, 6.07) is 14.9. The predicted octanol–water partition coefficient (Wildman–Crippen LogP) is 5.81. The van der Waals surface area contributed by atoms with Crippen molar-refractivity contribution < 1.29 is 14.6 Å². The second kappa shape index (κ2) is 12.5. The van der Waals surface area contributed by atoms with Gasteiger partial charge in [-0.3, -0.25) is 9.78 Å². The second-order valence-electron chi connectivity index (χ2n) is 10.2. The number of carboxylic acid groups (broad SMARTS) is 1. The summed E-state index contributed by atoms with van der Waals surface area (Å²) in [5.74, 6) is -0.425. The molecule has 204 valence electrons. The normalized spacial score (nSPS) is 16.3. The molecule has 1 unspecified atom stereocenters. The van der Waals surface area contributed by atoms with E-state index < -0.39 is 12.0 Å². The van der Waals surface area contributed by atoms with Crippen LogP contribution in [0.3, 0.4) is 0 Å². The van der Waals surface area contributed by atoms with Gasteiger partial charge in [-0.05, 0) is 91.1 Å². The predicted molar refractivity (Wildman–Crippen MR) is 156 cm³/mol. The molecule has 1 saturated heterocycles. The van der Waals surface area contributed by atoms with Crippen molar-refractivity contribution >= 4 is 34.7 Å². The molecule has 2 aromatic carbocycles. The van der Waals surface area contributed by atoms with Gasteiger partial charge in [0, 0.05) is 36.4 Å². The molecule has 3 aromatic rings. The number of hydrogen-bond donors (Lipinski definition) is 2. The number of nitrogens with two attached hydrogens (primary N) is 1. The molecular weight excluding hydrogens is 533 g/mol. The van der Waals surface area contributed by atoms with E-state index in [4.69, 9.17) is 43.8 Å². The Morgan fingerprint density at radius 3 is 2.62 bits per heavy atom. The molecule has 1 atom stereocenters. The van der Waals surface area contributed by atoms with Gasteiger partial charge in [0.15, 0.2) is 0 Å². The number of rotatable bonds is 8. The largest absolute Gasteiger partial charge is 0.492 e. The molecular formula is C31H33Cl2N3O3. The SMILES string of the molecule is NC(Cc1ccc(OCCCN2CCC(=C3c4ccc(Cl)cc4CCc4cccnc43)CC2)c(Cl)c1)C(=O)O. The molecule has 1 fully saturated rings. The number of fused-ring (bicyclic) bond motifs is 2. The van der Waals surface area contributed by atoms with Crippen LogP contribution in [0, 0.1) is 0 Å². The van der Waals surface area contributed by atoms with Crippen LogP contribution in [0.4, 0.5) is 0 Å². The van der Waals surface area contributed by atoms with Crippen LogP contribution >= 0.6 is 23.2 Å². The van der Waals surface area contributed by atoms with Gasteiger partial charge in [0.05, 0.1) is 17.3 Å². The van der Waals surface area contributed by atoms with Gasteiger partial charge in [-0.1, -0.05) is 47.0 Å². The van der Waals surface area contributed by atoms with E-state index in [0.29, 0.717) is 17.4 Å². The number of aliphatic carboxylic acids is 1. The molecule has 1 aliphatic carbocycles. The number of carbonyl (C=O) groups is 1. The van der Waals surface area contributed by atoms with Crippen molar-refractivity contribution in [3.8, 4) is 5.75 Å². The van der Waals surface area contributed by atoms with Crippen LogP contribution < -0.4 is 10.5 Å². The van der Waals surface area contributed by atoms with E-state index in [2.05, 4.69) is 23.1 Å². The van der Waals surface area contributed by atoms with Crippen LogP contribution in [0.1, 0.15) is 47.2 Å². The van der Waals surface area contributed by atoms with Gasteiger partial charge in [0.1, 0.15) is 11.8 Å². The van der Waals surface area contributed by atoms with Gasteiger partial charge in [-0.15, -0.1) is 0 Å². The zero-order chi connectivity index (χ0) is 27.4. The topological polar surface area (TPSA) is 88.7 Å². The van der Waals surface area contributed by atoms with E-state index in [1.807, 2.05) is 24.4 Å². The first kappa shape index (κ1) is 27.7. The van der Waals surface area contributed by atoms with E-state index in [9.17, 15) is 4.79 Å². The number of aromatic nitrogens is 1.